The Labute approximate surface area is 177 Å². The summed E-state index contributed by atoms with van der Waals surface area (Å²) in [7, 11) is 1.42. The normalized spacial score (nSPS) is 12.1. The van der Waals surface area contributed by atoms with Gasteiger partial charge in [-0.25, -0.2) is 9.18 Å². The zero-order valence-corrected chi connectivity index (χ0v) is 16.8. The van der Waals surface area contributed by atoms with Gasteiger partial charge in [0.05, 0.1) is 12.7 Å². The molecule has 1 heterocycles. The monoisotopic (exact) mass is 432 g/mol. The lowest BCUT2D eigenvalue weighted by atomic mass is 10.1. The summed E-state index contributed by atoms with van der Waals surface area (Å²) in [4.78, 5) is 37.5. The van der Waals surface area contributed by atoms with Crippen LogP contribution in [0.3, 0.4) is 0 Å². The summed E-state index contributed by atoms with van der Waals surface area (Å²) in [6.07, 6.45) is -0.115. The van der Waals surface area contributed by atoms with Crippen molar-refractivity contribution in [1.29, 1.82) is 0 Å². The number of halogens is 1. The Morgan fingerprint density at radius 3 is 2.52 bits per heavy atom. The van der Waals surface area contributed by atoms with Crippen molar-refractivity contribution in [3.05, 3.63) is 47.8 Å². The number of hydrogen-bond donors (Lipinski definition) is 1. The number of anilines is 1. The molecule has 2 aromatic carbocycles. The largest absolute Gasteiger partial charge is 0.493 e. The molecule has 0 bridgehead atoms. The summed E-state index contributed by atoms with van der Waals surface area (Å²) in [5, 5.41) is 0. The fourth-order valence-electron chi connectivity index (χ4n) is 2.92. The van der Waals surface area contributed by atoms with Gasteiger partial charge in [0.15, 0.2) is 18.1 Å². The number of nitrogens with two attached hydrogens (primary N) is 1. The highest BCUT2D eigenvalue weighted by Crippen LogP contribution is 2.40. The minimum absolute atomic E-state index is 0.0464. The summed E-state index contributed by atoms with van der Waals surface area (Å²) in [6, 6.07) is 7.96. The molecule has 3 rings (SSSR count). The predicted octanol–water partition coefficient (Wildman–Crippen LogP) is 1.67. The zero-order valence-electron chi connectivity index (χ0n) is 16.8. The molecular weight excluding hydrogens is 411 g/mol. The highest BCUT2D eigenvalue weighted by molar-refractivity contribution is 5.98. The fourth-order valence-corrected chi connectivity index (χ4v) is 2.92. The third kappa shape index (κ3) is 5.41. The van der Waals surface area contributed by atoms with E-state index in [4.69, 9.17) is 24.7 Å². The van der Waals surface area contributed by atoms with Crippen molar-refractivity contribution < 1.29 is 37.7 Å². The van der Waals surface area contributed by atoms with E-state index >= 15 is 0 Å². The highest BCUT2D eigenvalue weighted by Gasteiger charge is 2.23. The molecule has 1 aliphatic heterocycles. The van der Waals surface area contributed by atoms with Crippen LogP contribution in [0.5, 0.6) is 17.2 Å². The van der Waals surface area contributed by atoms with E-state index < -0.39 is 30.2 Å². The van der Waals surface area contributed by atoms with Gasteiger partial charge in [0.1, 0.15) is 19.0 Å². The summed E-state index contributed by atoms with van der Waals surface area (Å²) < 4.78 is 34.5. The number of carbonyl (C=O) groups is 3. The van der Waals surface area contributed by atoms with E-state index in [9.17, 15) is 18.8 Å². The van der Waals surface area contributed by atoms with Gasteiger partial charge in [-0.2, -0.15) is 0 Å². The smallest absolute Gasteiger partial charge is 0.338 e. The van der Waals surface area contributed by atoms with Crippen molar-refractivity contribution in [2.24, 2.45) is 5.73 Å². The number of esters is 1. The van der Waals surface area contributed by atoms with Crippen LogP contribution in [-0.4, -0.2) is 51.3 Å². The lowest BCUT2D eigenvalue weighted by Gasteiger charge is -2.23. The van der Waals surface area contributed by atoms with Gasteiger partial charge >= 0.3 is 5.97 Å². The van der Waals surface area contributed by atoms with Crippen molar-refractivity contribution in [3.8, 4) is 17.2 Å². The number of primary amides is 1. The van der Waals surface area contributed by atoms with Gasteiger partial charge in [-0.15, -0.1) is 0 Å². The highest BCUT2D eigenvalue weighted by atomic mass is 19.1. The maximum absolute atomic E-state index is 13.2. The number of nitrogens with zero attached hydrogens (tertiary/aromatic N) is 1. The molecule has 10 heteroatoms. The summed E-state index contributed by atoms with van der Waals surface area (Å²) in [6.45, 7) is 0.0206. The topological polar surface area (TPSA) is 117 Å². The average Bonchev–Trinajstić information content (AvgIpc) is 2.77. The predicted molar refractivity (Wildman–Crippen MR) is 107 cm³/mol. The molecule has 0 aliphatic carbocycles. The van der Waals surface area contributed by atoms with Crippen LogP contribution in [0.4, 0.5) is 10.1 Å². The fraction of sp³-hybridized carbons (Fsp3) is 0.286. The Hall–Kier alpha value is -3.82. The summed E-state index contributed by atoms with van der Waals surface area (Å²) >= 11 is 0. The maximum atomic E-state index is 13.2. The standard InChI is InChI=1S/C21H21FN2O7/c1-28-16-10-13(11-17-20(16)30-9-8-29-17)21(27)31-12-19(26)24(7-6-18(23)25)15-4-2-14(22)3-5-15/h2-5,10-11H,6-9,12H2,1H3,(H2,23,25). The van der Waals surface area contributed by atoms with E-state index in [0.29, 0.717) is 36.1 Å². The molecule has 0 fully saturated rings. The number of hydrogen-bond acceptors (Lipinski definition) is 7. The quantitative estimate of drug-likeness (QED) is 0.631. The third-order valence-electron chi connectivity index (χ3n) is 4.41. The number of ether oxygens (including phenoxy) is 4. The minimum Gasteiger partial charge on any atom is -0.493 e. The number of rotatable bonds is 8. The van der Waals surface area contributed by atoms with Crippen LogP contribution in [-0.2, 0) is 14.3 Å². The van der Waals surface area contributed by atoms with Crippen LogP contribution >= 0.6 is 0 Å². The summed E-state index contributed by atoms with van der Waals surface area (Å²) in [5.74, 6) is -1.47. The number of benzene rings is 2. The molecule has 2 aromatic rings. The van der Waals surface area contributed by atoms with Crippen LogP contribution in [0.25, 0.3) is 0 Å². The molecule has 31 heavy (non-hydrogen) atoms. The second-order valence-corrected chi connectivity index (χ2v) is 6.52. The number of amides is 2. The first-order chi connectivity index (χ1) is 14.9. The summed E-state index contributed by atoms with van der Waals surface area (Å²) in [5.41, 5.74) is 5.62. The van der Waals surface area contributed by atoms with Gasteiger partial charge < -0.3 is 29.6 Å². The first-order valence-electron chi connectivity index (χ1n) is 9.38. The molecule has 0 spiro atoms. The lowest BCUT2D eigenvalue weighted by molar-refractivity contribution is -0.121. The molecule has 2 N–H and O–H groups in total. The second-order valence-electron chi connectivity index (χ2n) is 6.52. The molecular formula is C21H21FN2O7. The zero-order chi connectivity index (χ0) is 22.4. The van der Waals surface area contributed by atoms with Crippen molar-refractivity contribution >= 4 is 23.5 Å². The number of methoxy groups -OCH3 is 1. The Bertz CT molecular complexity index is 961. The number of fused-ring (bicyclic) bond motifs is 1. The van der Waals surface area contributed by atoms with Crippen molar-refractivity contribution in [3.63, 3.8) is 0 Å². The lowest BCUT2D eigenvalue weighted by Crippen LogP contribution is -2.37. The molecule has 9 nitrogen and oxygen atoms in total. The van der Waals surface area contributed by atoms with Gasteiger partial charge in [-0.1, -0.05) is 0 Å². The van der Waals surface area contributed by atoms with Crippen molar-refractivity contribution in [1.82, 2.24) is 0 Å². The SMILES string of the molecule is COc1cc(C(=O)OCC(=O)N(CCC(N)=O)c2ccc(F)cc2)cc2c1OCCO2. The Kier molecular flexibility index (Phi) is 6.91. The second kappa shape index (κ2) is 9.79. The van der Waals surface area contributed by atoms with E-state index in [1.165, 1.54) is 48.4 Å². The minimum atomic E-state index is -0.780. The molecule has 2 amide bonds. The maximum Gasteiger partial charge on any atom is 0.338 e. The Morgan fingerprint density at radius 1 is 1.13 bits per heavy atom. The molecule has 0 unspecified atom stereocenters. The van der Waals surface area contributed by atoms with Crippen LogP contribution in [0.15, 0.2) is 36.4 Å². The molecule has 0 saturated heterocycles. The average molecular weight is 432 g/mol. The molecule has 0 radical (unpaired) electrons. The van der Waals surface area contributed by atoms with E-state index in [1.807, 2.05) is 0 Å². The molecule has 0 saturated carbocycles. The Balaban J connectivity index is 1.71. The van der Waals surface area contributed by atoms with Crippen LogP contribution < -0.4 is 24.8 Å². The first-order valence-corrected chi connectivity index (χ1v) is 9.38. The Morgan fingerprint density at radius 2 is 1.84 bits per heavy atom. The van der Waals surface area contributed by atoms with E-state index in [-0.39, 0.29) is 18.5 Å². The van der Waals surface area contributed by atoms with E-state index in [0.717, 1.165) is 0 Å². The molecule has 164 valence electrons. The van der Waals surface area contributed by atoms with Crippen LogP contribution in [0.1, 0.15) is 16.8 Å². The van der Waals surface area contributed by atoms with Gasteiger partial charge in [0.2, 0.25) is 11.7 Å². The van der Waals surface area contributed by atoms with E-state index in [1.54, 1.807) is 0 Å². The van der Waals surface area contributed by atoms with Gasteiger partial charge in [-0.3, -0.25) is 9.59 Å². The van der Waals surface area contributed by atoms with Gasteiger partial charge in [0.25, 0.3) is 5.91 Å². The van der Waals surface area contributed by atoms with Crippen molar-refractivity contribution in [2.75, 3.05) is 38.4 Å². The molecule has 0 atom stereocenters. The van der Waals surface area contributed by atoms with Gasteiger partial charge in [0, 0.05) is 18.7 Å². The van der Waals surface area contributed by atoms with Crippen molar-refractivity contribution in [2.45, 2.75) is 6.42 Å². The number of carbonyl (C=O) groups excluding carboxylic acids is 3. The van der Waals surface area contributed by atoms with E-state index in [2.05, 4.69) is 0 Å². The van der Waals surface area contributed by atoms with Crippen LogP contribution in [0.2, 0.25) is 0 Å². The first kappa shape index (κ1) is 21.9. The third-order valence-corrected chi connectivity index (χ3v) is 4.41. The molecule has 0 aromatic heterocycles. The van der Waals surface area contributed by atoms with Gasteiger partial charge in [-0.05, 0) is 36.4 Å². The molecule has 1 aliphatic rings. The van der Waals surface area contributed by atoms with Crippen LogP contribution in [0, 0.1) is 5.82 Å².